The molecule has 0 unspecified atom stereocenters. The summed E-state index contributed by atoms with van der Waals surface area (Å²) < 4.78 is 0. The lowest BCUT2D eigenvalue weighted by Gasteiger charge is -2.18. The SMILES string of the molecule is NC(=O)[C@H](CCc1ccccc1)NC(=O)c1c2ccccc2cc2ccccc12. The van der Waals surface area contributed by atoms with Crippen LogP contribution in [0.4, 0.5) is 0 Å². The number of aryl methyl sites for hydroxylation is 1. The van der Waals surface area contributed by atoms with Crippen molar-refractivity contribution in [2.75, 3.05) is 0 Å². The van der Waals surface area contributed by atoms with Crippen molar-refractivity contribution < 1.29 is 9.59 Å². The molecule has 0 spiro atoms. The molecule has 0 saturated heterocycles. The van der Waals surface area contributed by atoms with Gasteiger partial charge in [0.2, 0.25) is 5.91 Å². The number of nitrogens with one attached hydrogen (secondary N) is 1. The van der Waals surface area contributed by atoms with Gasteiger partial charge in [-0.2, -0.15) is 0 Å². The van der Waals surface area contributed by atoms with Crippen LogP contribution in [0.15, 0.2) is 84.9 Å². The van der Waals surface area contributed by atoms with Crippen LogP contribution in [0.3, 0.4) is 0 Å². The van der Waals surface area contributed by atoms with Crippen LogP contribution >= 0.6 is 0 Å². The molecule has 0 bridgehead atoms. The molecule has 144 valence electrons. The Hall–Kier alpha value is -3.66. The lowest BCUT2D eigenvalue weighted by atomic mass is 9.95. The topological polar surface area (TPSA) is 72.2 Å². The van der Waals surface area contributed by atoms with Crippen molar-refractivity contribution >= 4 is 33.4 Å². The molecule has 4 rings (SSSR count). The minimum absolute atomic E-state index is 0.283. The highest BCUT2D eigenvalue weighted by atomic mass is 16.2. The first-order valence-corrected chi connectivity index (χ1v) is 9.68. The van der Waals surface area contributed by atoms with Crippen LogP contribution in [-0.2, 0) is 11.2 Å². The third-order valence-electron chi connectivity index (χ3n) is 5.21. The molecular formula is C25H22N2O2. The summed E-state index contributed by atoms with van der Waals surface area (Å²) in [6.07, 6.45) is 1.11. The van der Waals surface area contributed by atoms with Gasteiger partial charge < -0.3 is 11.1 Å². The number of benzene rings is 4. The molecular weight excluding hydrogens is 360 g/mol. The van der Waals surface area contributed by atoms with E-state index in [9.17, 15) is 9.59 Å². The Labute approximate surface area is 169 Å². The number of fused-ring (bicyclic) bond motifs is 2. The van der Waals surface area contributed by atoms with E-state index in [0.29, 0.717) is 18.4 Å². The second-order valence-corrected chi connectivity index (χ2v) is 7.15. The van der Waals surface area contributed by atoms with E-state index < -0.39 is 11.9 Å². The lowest BCUT2D eigenvalue weighted by Crippen LogP contribution is -2.44. The van der Waals surface area contributed by atoms with Crippen LogP contribution < -0.4 is 11.1 Å². The van der Waals surface area contributed by atoms with E-state index in [1.54, 1.807) is 0 Å². The molecule has 0 fully saturated rings. The Kier molecular flexibility index (Phi) is 5.25. The molecule has 4 heteroatoms. The van der Waals surface area contributed by atoms with Gasteiger partial charge in [0, 0.05) is 0 Å². The first kappa shape index (κ1) is 18.7. The first-order valence-electron chi connectivity index (χ1n) is 9.68. The van der Waals surface area contributed by atoms with E-state index >= 15 is 0 Å². The summed E-state index contributed by atoms with van der Waals surface area (Å²) in [6, 6.07) is 26.7. The highest BCUT2D eigenvalue weighted by Gasteiger charge is 2.21. The minimum atomic E-state index is -0.736. The molecule has 0 aliphatic carbocycles. The molecule has 0 aromatic heterocycles. The van der Waals surface area contributed by atoms with Gasteiger partial charge in [-0.3, -0.25) is 9.59 Å². The maximum absolute atomic E-state index is 13.3. The smallest absolute Gasteiger partial charge is 0.253 e. The van der Waals surface area contributed by atoms with Crippen molar-refractivity contribution in [1.82, 2.24) is 5.32 Å². The van der Waals surface area contributed by atoms with E-state index in [0.717, 1.165) is 27.1 Å². The van der Waals surface area contributed by atoms with Gasteiger partial charge in [-0.1, -0.05) is 78.9 Å². The molecule has 0 heterocycles. The second kappa shape index (κ2) is 8.15. The number of amides is 2. The number of hydrogen-bond acceptors (Lipinski definition) is 2. The van der Waals surface area contributed by atoms with Crippen molar-refractivity contribution in [3.05, 3.63) is 96.1 Å². The highest BCUT2D eigenvalue weighted by molar-refractivity contribution is 6.18. The normalized spacial score (nSPS) is 12.0. The summed E-state index contributed by atoms with van der Waals surface area (Å²) in [5, 5.41) is 6.55. The zero-order valence-corrected chi connectivity index (χ0v) is 16.0. The summed E-state index contributed by atoms with van der Waals surface area (Å²) in [7, 11) is 0. The van der Waals surface area contributed by atoms with E-state index in [4.69, 9.17) is 5.73 Å². The predicted molar refractivity (Wildman–Crippen MR) is 117 cm³/mol. The standard InChI is InChI=1S/C25H22N2O2/c26-24(28)22(15-14-17-8-2-1-3-9-17)27-25(29)23-20-12-6-4-10-18(20)16-19-11-5-7-13-21(19)23/h1-13,16,22H,14-15H2,(H2,26,28)(H,27,29)/t22-/m0/s1. The maximum Gasteiger partial charge on any atom is 0.253 e. The average Bonchev–Trinajstić information content (AvgIpc) is 2.75. The number of hydrogen-bond donors (Lipinski definition) is 2. The zero-order valence-electron chi connectivity index (χ0n) is 16.0. The fourth-order valence-electron chi connectivity index (χ4n) is 3.73. The largest absolute Gasteiger partial charge is 0.368 e. The number of primary amides is 1. The van der Waals surface area contributed by atoms with Crippen molar-refractivity contribution in [3.8, 4) is 0 Å². The van der Waals surface area contributed by atoms with Gasteiger partial charge in [0.05, 0.1) is 5.56 Å². The van der Waals surface area contributed by atoms with Gasteiger partial charge >= 0.3 is 0 Å². The van der Waals surface area contributed by atoms with Crippen LogP contribution in [-0.4, -0.2) is 17.9 Å². The molecule has 3 N–H and O–H groups in total. The fraction of sp³-hybridized carbons (Fsp3) is 0.120. The third-order valence-corrected chi connectivity index (χ3v) is 5.21. The van der Waals surface area contributed by atoms with E-state index in [1.165, 1.54) is 0 Å². The Morgan fingerprint density at radius 2 is 1.34 bits per heavy atom. The molecule has 4 nitrogen and oxygen atoms in total. The maximum atomic E-state index is 13.3. The van der Waals surface area contributed by atoms with Gasteiger partial charge in [0.1, 0.15) is 6.04 Å². The van der Waals surface area contributed by atoms with Crippen LogP contribution in [0.2, 0.25) is 0 Å². The molecule has 0 radical (unpaired) electrons. The number of carbonyl (C=O) groups excluding carboxylic acids is 2. The Morgan fingerprint density at radius 1 is 0.793 bits per heavy atom. The highest BCUT2D eigenvalue weighted by Crippen LogP contribution is 2.28. The Balaban J connectivity index is 1.67. The fourth-order valence-corrected chi connectivity index (χ4v) is 3.73. The quantitative estimate of drug-likeness (QED) is 0.490. The summed E-state index contributed by atoms with van der Waals surface area (Å²) in [5.74, 6) is -0.811. The zero-order chi connectivity index (χ0) is 20.2. The number of carbonyl (C=O) groups is 2. The van der Waals surface area contributed by atoms with Gasteiger partial charge in [-0.25, -0.2) is 0 Å². The van der Waals surface area contributed by atoms with E-state index in [2.05, 4.69) is 11.4 Å². The molecule has 0 aliphatic rings. The van der Waals surface area contributed by atoms with E-state index in [1.807, 2.05) is 78.9 Å². The lowest BCUT2D eigenvalue weighted by molar-refractivity contribution is -0.120. The van der Waals surface area contributed by atoms with Crippen molar-refractivity contribution in [2.24, 2.45) is 5.73 Å². The monoisotopic (exact) mass is 382 g/mol. The van der Waals surface area contributed by atoms with Crippen LogP contribution in [0.25, 0.3) is 21.5 Å². The van der Waals surface area contributed by atoms with Crippen LogP contribution in [0.1, 0.15) is 22.3 Å². The summed E-state index contributed by atoms with van der Waals surface area (Å²) in [4.78, 5) is 25.3. The summed E-state index contributed by atoms with van der Waals surface area (Å²) >= 11 is 0. The molecule has 4 aromatic carbocycles. The predicted octanol–water partition coefficient (Wildman–Crippen LogP) is 4.21. The molecule has 4 aromatic rings. The molecule has 2 amide bonds. The Morgan fingerprint density at radius 3 is 1.93 bits per heavy atom. The molecule has 1 atom stereocenters. The summed E-state index contributed by atoms with van der Waals surface area (Å²) in [6.45, 7) is 0. The van der Waals surface area contributed by atoms with Gasteiger partial charge in [0.15, 0.2) is 0 Å². The van der Waals surface area contributed by atoms with Gasteiger partial charge in [0.25, 0.3) is 5.91 Å². The number of nitrogens with two attached hydrogens (primary N) is 1. The Bertz CT molecular complexity index is 1130. The van der Waals surface area contributed by atoms with Crippen LogP contribution in [0, 0.1) is 0 Å². The molecule has 0 aliphatic heterocycles. The van der Waals surface area contributed by atoms with Crippen LogP contribution in [0.5, 0.6) is 0 Å². The average molecular weight is 382 g/mol. The molecule has 29 heavy (non-hydrogen) atoms. The second-order valence-electron chi connectivity index (χ2n) is 7.15. The number of rotatable bonds is 6. The van der Waals surface area contributed by atoms with Crippen molar-refractivity contribution in [3.63, 3.8) is 0 Å². The first-order chi connectivity index (χ1) is 14.1. The summed E-state index contributed by atoms with van der Waals surface area (Å²) in [5.41, 5.74) is 7.27. The minimum Gasteiger partial charge on any atom is -0.368 e. The third kappa shape index (κ3) is 3.97. The van der Waals surface area contributed by atoms with Crippen molar-refractivity contribution in [2.45, 2.75) is 18.9 Å². The van der Waals surface area contributed by atoms with Gasteiger partial charge in [-0.15, -0.1) is 0 Å². The van der Waals surface area contributed by atoms with Gasteiger partial charge in [-0.05, 0) is 46.0 Å². The van der Waals surface area contributed by atoms with E-state index in [-0.39, 0.29) is 5.91 Å². The molecule has 0 saturated carbocycles. The van der Waals surface area contributed by atoms with Crippen molar-refractivity contribution in [1.29, 1.82) is 0 Å².